The van der Waals surface area contributed by atoms with Crippen LogP contribution in [0.25, 0.3) is 0 Å². The van der Waals surface area contributed by atoms with Gasteiger partial charge in [0.1, 0.15) is 6.29 Å². The number of nitrogens with zero attached hydrogens (tertiary/aromatic N) is 1. The van der Waals surface area contributed by atoms with Gasteiger partial charge < -0.3 is 15.8 Å². The van der Waals surface area contributed by atoms with E-state index in [4.69, 9.17) is 5.73 Å². The number of carbonyl (C=O) groups is 1. The van der Waals surface area contributed by atoms with Gasteiger partial charge in [-0.1, -0.05) is 37.3 Å². The van der Waals surface area contributed by atoms with Gasteiger partial charge in [0.05, 0.1) is 5.83 Å². The molecule has 2 aromatic rings. The number of carbonyl (C=O) groups excluding carboxylic acids is 1. The Morgan fingerprint density at radius 3 is 2.82 bits per heavy atom. The highest BCUT2D eigenvalue weighted by Crippen LogP contribution is 2.40. The molecular weight excluding hydrogens is 425 g/mol. The van der Waals surface area contributed by atoms with Crippen LogP contribution in [0.2, 0.25) is 0 Å². The summed E-state index contributed by atoms with van der Waals surface area (Å²) in [6, 6.07) is 10.5. The predicted octanol–water partition coefficient (Wildman–Crippen LogP) is 6.16. The quantitative estimate of drug-likeness (QED) is 0.253. The molecule has 4 nitrogen and oxygen atoms in total. The van der Waals surface area contributed by atoms with Crippen LogP contribution in [-0.2, 0) is 17.8 Å². The third-order valence-corrected chi connectivity index (χ3v) is 6.63. The summed E-state index contributed by atoms with van der Waals surface area (Å²) in [5.74, 6) is -0.260. The zero-order valence-corrected chi connectivity index (χ0v) is 20.3. The average molecular weight is 462 g/mol. The van der Waals surface area contributed by atoms with Crippen LogP contribution in [0.4, 0.5) is 10.1 Å². The fraction of sp³-hybridized carbons (Fsp3) is 0.379. The van der Waals surface area contributed by atoms with Gasteiger partial charge in [0, 0.05) is 35.6 Å². The molecule has 2 atom stereocenters. The average Bonchev–Trinajstić information content (AvgIpc) is 2.82. The van der Waals surface area contributed by atoms with Crippen molar-refractivity contribution in [2.24, 2.45) is 5.41 Å². The van der Waals surface area contributed by atoms with Gasteiger partial charge in [0.25, 0.3) is 0 Å². The molecular formula is C29H36FN3O. The van der Waals surface area contributed by atoms with Crippen molar-refractivity contribution in [3.8, 4) is 0 Å². The normalized spacial score (nSPS) is 21.3. The fourth-order valence-corrected chi connectivity index (χ4v) is 4.82. The van der Waals surface area contributed by atoms with Crippen molar-refractivity contribution in [3.05, 3.63) is 95.1 Å². The summed E-state index contributed by atoms with van der Waals surface area (Å²) >= 11 is 0. The van der Waals surface area contributed by atoms with Crippen LogP contribution in [0.5, 0.6) is 0 Å². The second-order valence-electron chi connectivity index (χ2n) is 9.55. The lowest BCUT2D eigenvalue weighted by molar-refractivity contribution is -0.118. The van der Waals surface area contributed by atoms with Crippen molar-refractivity contribution in [2.75, 3.05) is 5.73 Å². The van der Waals surface area contributed by atoms with Gasteiger partial charge in [-0.15, -0.1) is 0 Å². The van der Waals surface area contributed by atoms with E-state index < -0.39 is 5.41 Å². The van der Waals surface area contributed by atoms with E-state index in [1.807, 2.05) is 25.3 Å². The van der Waals surface area contributed by atoms with Crippen LogP contribution in [0.15, 0.2) is 72.7 Å². The molecule has 0 saturated heterocycles. The third-order valence-electron chi connectivity index (χ3n) is 6.63. The summed E-state index contributed by atoms with van der Waals surface area (Å²) in [6.07, 6.45) is 12.8. The van der Waals surface area contributed by atoms with E-state index in [1.165, 1.54) is 24.1 Å². The number of nitrogen functional groups attached to an aromatic ring is 1. The highest BCUT2D eigenvalue weighted by molar-refractivity contribution is 5.61. The third kappa shape index (κ3) is 7.22. The number of hydrogen-bond donors (Lipinski definition) is 2. The minimum absolute atomic E-state index is 0.243. The number of aryl methyl sites for hydroxylation is 1. The van der Waals surface area contributed by atoms with E-state index in [0.29, 0.717) is 6.42 Å². The molecule has 1 fully saturated rings. The molecule has 1 heterocycles. The van der Waals surface area contributed by atoms with Crippen LogP contribution >= 0.6 is 0 Å². The highest BCUT2D eigenvalue weighted by atomic mass is 19.1. The molecule has 0 aliphatic heterocycles. The number of benzene rings is 1. The van der Waals surface area contributed by atoms with E-state index in [1.54, 1.807) is 12.2 Å². The minimum atomic E-state index is -0.445. The van der Waals surface area contributed by atoms with Crippen LogP contribution in [0.3, 0.4) is 0 Å². The van der Waals surface area contributed by atoms with Crippen molar-refractivity contribution < 1.29 is 9.18 Å². The lowest BCUT2D eigenvalue weighted by Crippen LogP contribution is -2.40. The monoisotopic (exact) mass is 461 g/mol. The van der Waals surface area contributed by atoms with Crippen LogP contribution in [0, 0.1) is 12.3 Å². The number of nitrogens with two attached hydrogens (primary N) is 1. The van der Waals surface area contributed by atoms with Gasteiger partial charge in [-0.3, -0.25) is 4.98 Å². The van der Waals surface area contributed by atoms with Crippen LogP contribution in [-0.4, -0.2) is 17.3 Å². The smallest absolute Gasteiger partial charge is 0.126 e. The first-order chi connectivity index (χ1) is 16.3. The number of halogens is 1. The lowest BCUT2D eigenvalue weighted by Gasteiger charge is -2.37. The number of aromatic nitrogens is 1. The molecule has 1 aromatic carbocycles. The maximum atomic E-state index is 13.2. The van der Waals surface area contributed by atoms with E-state index in [0.717, 1.165) is 67.5 Å². The Morgan fingerprint density at radius 2 is 2.12 bits per heavy atom. The van der Waals surface area contributed by atoms with E-state index in [-0.39, 0.29) is 11.9 Å². The zero-order chi connectivity index (χ0) is 24.6. The van der Waals surface area contributed by atoms with E-state index >= 15 is 0 Å². The number of pyridine rings is 1. The topological polar surface area (TPSA) is 68.0 Å². The number of aldehydes is 1. The van der Waals surface area contributed by atoms with Gasteiger partial charge in [-0.25, -0.2) is 4.39 Å². The first-order valence-corrected chi connectivity index (χ1v) is 12.0. The van der Waals surface area contributed by atoms with E-state index in [2.05, 4.69) is 35.1 Å². The van der Waals surface area contributed by atoms with Crippen molar-refractivity contribution in [1.29, 1.82) is 0 Å². The number of nitrogens with one attached hydrogen (secondary N) is 1. The van der Waals surface area contributed by atoms with E-state index in [9.17, 15) is 9.18 Å². The van der Waals surface area contributed by atoms with Gasteiger partial charge in [0.15, 0.2) is 0 Å². The zero-order valence-electron chi connectivity index (χ0n) is 20.3. The molecule has 5 heteroatoms. The fourth-order valence-electron chi connectivity index (χ4n) is 4.82. The SMILES string of the molecule is C=C/C(=C\C=C(/C)F)CC1(C=O)CCCC(NCc2ccc(N)c(Cc3ccnc(C)c3)c2)C1. The molecule has 0 amide bonds. The van der Waals surface area contributed by atoms with Crippen LogP contribution in [0.1, 0.15) is 61.4 Å². The second kappa shape index (κ2) is 11.9. The summed E-state index contributed by atoms with van der Waals surface area (Å²) < 4.78 is 13.2. The standard InChI is InChI=1S/C29H36FN3O/c1-4-23(8-7-21(2)30)17-29(20-34)12-5-6-27(18-29)33-19-25-9-10-28(31)26(16-25)15-24-11-13-32-22(3)14-24/h4,7-11,13-14,16,20,27,33H,1,5-6,12,15,17-19,31H2,2-3H3/b21-7+,23-8+. The van der Waals surface area contributed by atoms with Gasteiger partial charge >= 0.3 is 0 Å². The molecule has 1 aliphatic rings. The first kappa shape index (κ1) is 25.6. The van der Waals surface area contributed by atoms with Gasteiger partial charge in [0.2, 0.25) is 0 Å². The molecule has 1 aliphatic carbocycles. The van der Waals surface area contributed by atoms with Gasteiger partial charge in [-0.05, 0) is 92.5 Å². The van der Waals surface area contributed by atoms with Crippen molar-refractivity contribution in [2.45, 2.75) is 65.0 Å². The Bertz CT molecular complexity index is 1070. The largest absolute Gasteiger partial charge is 0.398 e. The molecule has 1 saturated carbocycles. The maximum absolute atomic E-state index is 13.2. The van der Waals surface area contributed by atoms with Crippen molar-refractivity contribution in [1.82, 2.24) is 10.3 Å². The first-order valence-electron chi connectivity index (χ1n) is 12.0. The molecule has 1 aromatic heterocycles. The second-order valence-corrected chi connectivity index (χ2v) is 9.55. The Morgan fingerprint density at radius 1 is 1.29 bits per heavy atom. The molecule has 0 spiro atoms. The van der Waals surface area contributed by atoms with Crippen LogP contribution < -0.4 is 11.1 Å². The number of rotatable bonds is 10. The Balaban J connectivity index is 1.66. The lowest BCUT2D eigenvalue weighted by atomic mass is 9.69. The predicted molar refractivity (Wildman–Crippen MR) is 138 cm³/mol. The molecule has 2 unspecified atom stereocenters. The molecule has 0 radical (unpaired) electrons. The Labute approximate surface area is 202 Å². The minimum Gasteiger partial charge on any atom is -0.398 e. The summed E-state index contributed by atoms with van der Waals surface area (Å²) in [6.45, 7) is 7.97. The van der Waals surface area contributed by atoms with Crippen molar-refractivity contribution in [3.63, 3.8) is 0 Å². The number of allylic oxidation sites excluding steroid dienone is 5. The molecule has 180 valence electrons. The maximum Gasteiger partial charge on any atom is 0.126 e. The summed E-state index contributed by atoms with van der Waals surface area (Å²) in [5, 5.41) is 3.66. The Hall–Kier alpha value is -3.05. The molecule has 3 rings (SSSR count). The highest BCUT2D eigenvalue weighted by Gasteiger charge is 2.36. The number of anilines is 1. The number of hydrogen-bond acceptors (Lipinski definition) is 4. The summed E-state index contributed by atoms with van der Waals surface area (Å²) in [5.41, 5.74) is 12.0. The van der Waals surface area contributed by atoms with Crippen molar-refractivity contribution >= 4 is 12.0 Å². The Kier molecular flexibility index (Phi) is 8.94. The molecule has 3 N–H and O–H groups in total. The molecule has 34 heavy (non-hydrogen) atoms. The summed E-state index contributed by atoms with van der Waals surface area (Å²) in [4.78, 5) is 16.4. The van der Waals surface area contributed by atoms with Gasteiger partial charge in [-0.2, -0.15) is 0 Å². The molecule has 0 bridgehead atoms. The summed E-state index contributed by atoms with van der Waals surface area (Å²) in [7, 11) is 0.